The van der Waals surface area contributed by atoms with Gasteiger partial charge in [-0.15, -0.1) is 0 Å². The second-order valence-corrected chi connectivity index (χ2v) is 7.12. The first-order chi connectivity index (χ1) is 14.1. The highest BCUT2D eigenvalue weighted by Crippen LogP contribution is 2.43. The fraction of sp³-hybridized carbons (Fsp3) is 0.115. The predicted octanol–water partition coefficient (Wildman–Crippen LogP) is 6.07. The summed E-state index contributed by atoms with van der Waals surface area (Å²) in [6.07, 6.45) is 2.15. The highest BCUT2D eigenvalue weighted by Gasteiger charge is 2.24. The number of allylic oxidation sites excluding steroid dienone is 2. The molecule has 0 spiro atoms. The van der Waals surface area contributed by atoms with Gasteiger partial charge in [-0.2, -0.15) is 0 Å². The fourth-order valence-corrected chi connectivity index (χ4v) is 3.68. The van der Waals surface area contributed by atoms with Crippen LogP contribution < -0.4 is 4.74 Å². The van der Waals surface area contributed by atoms with E-state index in [1.165, 1.54) is 0 Å². The molecule has 0 saturated heterocycles. The molecule has 4 rings (SSSR count). The molecule has 1 aliphatic carbocycles. The minimum Gasteiger partial charge on any atom is -0.489 e. The predicted molar refractivity (Wildman–Crippen MR) is 116 cm³/mol. The lowest BCUT2D eigenvalue weighted by Gasteiger charge is -2.07. The van der Waals surface area contributed by atoms with Crippen LogP contribution in [-0.4, -0.2) is 11.1 Å². The lowest BCUT2D eigenvalue weighted by molar-refractivity contribution is -0.135. The minimum absolute atomic E-state index is 0.0342. The summed E-state index contributed by atoms with van der Waals surface area (Å²) >= 11 is 0. The van der Waals surface area contributed by atoms with Crippen molar-refractivity contribution in [3.63, 3.8) is 0 Å². The number of aliphatic carboxylic acids is 1. The quantitative estimate of drug-likeness (QED) is 0.563. The highest BCUT2D eigenvalue weighted by molar-refractivity contribution is 6.07. The Kier molecular flexibility index (Phi) is 5.30. The maximum atomic E-state index is 11.3. The topological polar surface area (TPSA) is 46.5 Å². The Morgan fingerprint density at radius 3 is 2.24 bits per heavy atom. The van der Waals surface area contributed by atoms with E-state index in [2.05, 4.69) is 12.1 Å². The number of rotatable bonds is 6. The van der Waals surface area contributed by atoms with Crippen LogP contribution in [0.5, 0.6) is 5.75 Å². The van der Waals surface area contributed by atoms with Gasteiger partial charge in [0.2, 0.25) is 0 Å². The van der Waals surface area contributed by atoms with Crippen molar-refractivity contribution in [3.8, 4) is 5.75 Å². The summed E-state index contributed by atoms with van der Waals surface area (Å²) in [6, 6.07) is 26.1. The molecule has 3 heteroatoms. The molecule has 0 saturated carbocycles. The molecule has 0 amide bonds. The number of ether oxygens (including phenoxy) is 1. The van der Waals surface area contributed by atoms with Crippen LogP contribution in [0, 0.1) is 0 Å². The van der Waals surface area contributed by atoms with Crippen LogP contribution in [0.3, 0.4) is 0 Å². The van der Waals surface area contributed by atoms with Crippen molar-refractivity contribution in [2.75, 3.05) is 0 Å². The van der Waals surface area contributed by atoms with Crippen LogP contribution in [-0.2, 0) is 11.4 Å². The molecule has 0 aliphatic heterocycles. The molecule has 0 unspecified atom stereocenters. The zero-order valence-corrected chi connectivity index (χ0v) is 16.3. The SMILES string of the molecule is CC1=C(CC(=O)O)c2ccccc2/C1=C\c1ccc(OCc2ccccc2)cc1. The van der Waals surface area contributed by atoms with Crippen LogP contribution in [0.15, 0.2) is 84.4 Å². The highest BCUT2D eigenvalue weighted by atomic mass is 16.5. The Morgan fingerprint density at radius 2 is 1.55 bits per heavy atom. The number of hydrogen-bond acceptors (Lipinski definition) is 2. The van der Waals surface area contributed by atoms with Gasteiger partial charge in [0.15, 0.2) is 0 Å². The maximum absolute atomic E-state index is 11.3. The summed E-state index contributed by atoms with van der Waals surface area (Å²) in [4.78, 5) is 11.3. The number of fused-ring (bicyclic) bond motifs is 1. The van der Waals surface area contributed by atoms with Crippen LogP contribution in [0.25, 0.3) is 17.2 Å². The molecule has 144 valence electrons. The molecule has 0 fully saturated rings. The molecule has 1 aliphatic rings. The van der Waals surface area contributed by atoms with Crippen molar-refractivity contribution >= 4 is 23.2 Å². The number of benzene rings is 3. The summed E-state index contributed by atoms with van der Waals surface area (Å²) in [5.41, 5.74) is 7.29. The normalized spacial score (nSPS) is 14.2. The van der Waals surface area contributed by atoms with Gasteiger partial charge in [0, 0.05) is 0 Å². The van der Waals surface area contributed by atoms with Crippen molar-refractivity contribution < 1.29 is 14.6 Å². The van der Waals surface area contributed by atoms with Crippen molar-refractivity contribution in [1.29, 1.82) is 0 Å². The monoisotopic (exact) mass is 382 g/mol. The molecule has 3 aromatic rings. The summed E-state index contributed by atoms with van der Waals surface area (Å²) in [7, 11) is 0. The number of carboxylic acid groups (broad SMARTS) is 1. The number of carbonyl (C=O) groups is 1. The largest absolute Gasteiger partial charge is 0.489 e. The fourth-order valence-electron chi connectivity index (χ4n) is 3.68. The molecule has 0 radical (unpaired) electrons. The molecule has 1 N–H and O–H groups in total. The van der Waals surface area contributed by atoms with Crippen molar-refractivity contribution in [2.24, 2.45) is 0 Å². The van der Waals surface area contributed by atoms with Gasteiger partial charge < -0.3 is 9.84 Å². The van der Waals surface area contributed by atoms with E-state index in [9.17, 15) is 9.90 Å². The number of carboxylic acids is 1. The van der Waals surface area contributed by atoms with E-state index in [-0.39, 0.29) is 6.42 Å². The third kappa shape index (κ3) is 4.14. The third-order valence-electron chi connectivity index (χ3n) is 5.17. The van der Waals surface area contributed by atoms with Crippen molar-refractivity contribution in [3.05, 3.63) is 107 Å². The van der Waals surface area contributed by atoms with Crippen LogP contribution in [0.2, 0.25) is 0 Å². The molecule has 0 atom stereocenters. The van der Waals surface area contributed by atoms with E-state index in [0.29, 0.717) is 6.61 Å². The first-order valence-electron chi connectivity index (χ1n) is 9.62. The first-order valence-corrected chi connectivity index (χ1v) is 9.62. The van der Waals surface area contributed by atoms with E-state index in [1.54, 1.807) is 0 Å². The Morgan fingerprint density at radius 1 is 0.897 bits per heavy atom. The zero-order chi connectivity index (χ0) is 20.2. The molecule has 29 heavy (non-hydrogen) atoms. The molecule has 3 aromatic carbocycles. The third-order valence-corrected chi connectivity index (χ3v) is 5.17. The Hall–Kier alpha value is -3.59. The standard InChI is InChI=1S/C26H22O3/c1-18-24(22-9-5-6-10-23(22)25(18)16-26(27)28)15-19-11-13-21(14-12-19)29-17-20-7-3-2-4-8-20/h2-15H,16-17H2,1H3,(H,27,28)/b24-15-. The second-order valence-electron chi connectivity index (χ2n) is 7.12. The second kappa shape index (κ2) is 8.19. The van der Waals surface area contributed by atoms with Crippen LogP contribution in [0.4, 0.5) is 0 Å². The lowest BCUT2D eigenvalue weighted by atomic mass is 10.0. The van der Waals surface area contributed by atoms with Crippen molar-refractivity contribution in [1.82, 2.24) is 0 Å². The molecule has 0 heterocycles. The Bertz CT molecular complexity index is 1090. The summed E-state index contributed by atoms with van der Waals surface area (Å²) in [5.74, 6) is 0.0111. The van der Waals surface area contributed by atoms with E-state index >= 15 is 0 Å². The summed E-state index contributed by atoms with van der Waals surface area (Å²) in [6.45, 7) is 2.54. The molecule has 0 bridgehead atoms. The van der Waals surface area contributed by atoms with E-state index in [0.717, 1.165) is 44.7 Å². The van der Waals surface area contributed by atoms with E-state index in [1.807, 2.05) is 79.7 Å². The maximum Gasteiger partial charge on any atom is 0.307 e. The molecule has 3 nitrogen and oxygen atoms in total. The molecular formula is C26H22O3. The zero-order valence-electron chi connectivity index (χ0n) is 16.3. The van der Waals surface area contributed by atoms with Gasteiger partial charge in [0.1, 0.15) is 12.4 Å². The van der Waals surface area contributed by atoms with Gasteiger partial charge >= 0.3 is 5.97 Å². The first kappa shape index (κ1) is 18.8. The Labute approximate surface area is 170 Å². The summed E-state index contributed by atoms with van der Waals surface area (Å²) in [5, 5.41) is 9.29. The average molecular weight is 382 g/mol. The average Bonchev–Trinajstić information content (AvgIpc) is 2.99. The van der Waals surface area contributed by atoms with E-state index < -0.39 is 5.97 Å². The summed E-state index contributed by atoms with van der Waals surface area (Å²) < 4.78 is 5.86. The van der Waals surface area contributed by atoms with Gasteiger partial charge in [-0.05, 0) is 64.1 Å². The van der Waals surface area contributed by atoms with Gasteiger partial charge in [-0.1, -0.05) is 66.7 Å². The van der Waals surface area contributed by atoms with Gasteiger partial charge in [-0.3, -0.25) is 4.79 Å². The Balaban J connectivity index is 1.57. The van der Waals surface area contributed by atoms with Gasteiger partial charge in [0.05, 0.1) is 6.42 Å². The smallest absolute Gasteiger partial charge is 0.307 e. The van der Waals surface area contributed by atoms with E-state index in [4.69, 9.17) is 4.74 Å². The number of hydrogen-bond donors (Lipinski definition) is 1. The molecular weight excluding hydrogens is 360 g/mol. The minimum atomic E-state index is -0.810. The molecule has 0 aromatic heterocycles. The van der Waals surface area contributed by atoms with Gasteiger partial charge in [-0.25, -0.2) is 0 Å². The van der Waals surface area contributed by atoms with Crippen LogP contribution in [0.1, 0.15) is 35.6 Å². The van der Waals surface area contributed by atoms with Crippen molar-refractivity contribution in [2.45, 2.75) is 20.0 Å². The lowest BCUT2D eigenvalue weighted by Crippen LogP contribution is -1.96. The van der Waals surface area contributed by atoms with Gasteiger partial charge in [0.25, 0.3) is 0 Å². The van der Waals surface area contributed by atoms with Crippen LogP contribution >= 0.6 is 0 Å².